The summed E-state index contributed by atoms with van der Waals surface area (Å²) in [5.74, 6) is -2.34. The van der Waals surface area contributed by atoms with Crippen molar-refractivity contribution in [3.63, 3.8) is 0 Å². The minimum Gasteiger partial charge on any atom is -0.384 e. The summed E-state index contributed by atoms with van der Waals surface area (Å²) in [4.78, 5) is -1.03. The Balaban J connectivity index is 1.86. The van der Waals surface area contributed by atoms with Crippen LogP contribution in [0.25, 0.3) is 0 Å². The Morgan fingerprint density at radius 3 is 2.43 bits per heavy atom. The van der Waals surface area contributed by atoms with E-state index in [2.05, 4.69) is 4.72 Å². The average Bonchev–Trinajstić information content (AvgIpc) is 2.84. The van der Waals surface area contributed by atoms with Gasteiger partial charge in [0.2, 0.25) is 10.0 Å². The van der Waals surface area contributed by atoms with Crippen LogP contribution in [0.4, 0.5) is 8.78 Å². The molecule has 23 heavy (non-hydrogen) atoms. The number of fused-ring (bicyclic) bond motifs is 1. The summed E-state index contributed by atoms with van der Waals surface area (Å²) in [6.45, 7) is -0.347. The van der Waals surface area contributed by atoms with Crippen molar-refractivity contribution in [2.45, 2.75) is 23.3 Å². The van der Waals surface area contributed by atoms with Crippen LogP contribution in [0.1, 0.15) is 17.5 Å². The molecule has 2 aromatic carbocycles. The van der Waals surface area contributed by atoms with E-state index < -0.39 is 32.2 Å². The van der Waals surface area contributed by atoms with Crippen LogP contribution >= 0.6 is 0 Å². The van der Waals surface area contributed by atoms with Crippen LogP contribution < -0.4 is 4.72 Å². The van der Waals surface area contributed by atoms with E-state index in [1.807, 2.05) is 12.1 Å². The third-order valence-electron chi connectivity index (χ3n) is 4.07. The number of hydrogen-bond acceptors (Lipinski definition) is 3. The molecule has 0 unspecified atom stereocenters. The third-order valence-corrected chi connectivity index (χ3v) is 5.52. The maximum Gasteiger partial charge on any atom is 0.246 e. The van der Waals surface area contributed by atoms with Crippen molar-refractivity contribution in [1.29, 1.82) is 0 Å². The molecule has 4 nitrogen and oxygen atoms in total. The second kappa shape index (κ2) is 5.67. The second-order valence-electron chi connectivity index (χ2n) is 5.56. The predicted molar refractivity (Wildman–Crippen MR) is 80.2 cm³/mol. The molecule has 0 amide bonds. The molecular formula is C16H15F2NO3S. The first kappa shape index (κ1) is 16.0. The van der Waals surface area contributed by atoms with E-state index in [0.29, 0.717) is 18.4 Å². The highest BCUT2D eigenvalue weighted by Crippen LogP contribution is 2.36. The summed E-state index contributed by atoms with van der Waals surface area (Å²) >= 11 is 0. The summed E-state index contributed by atoms with van der Waals surface area (Å²) in [5.41, 5.74) is 0.189. The first-order valence-corrected chi connectivity index (χ1v) is 8.56. The van der Waals surface area contributed by atoms with E-state index in [0.717, 1.165) is 23.8 Å². The highest BCUT2D eigenvalue weighted by atomic mass is 32.2. The SMILES string of the molecule is O=S(=O)(NC[C@]1(O)CCc2ccccc21)c1c(F)cccc1F. The van der Waals surface area contributed by atoms with Gasteiger partial charge in [-0.2, -0.15) is 0 Å². The molecule has 0 saturated carbocycles. The lowest BCUT2D eigenvalue weighted by Crippen LogP contribution is -2.39. The summed E-state index contributed by atoms with van der Waals surface area (Å²) in [6, 6.07) is 10.0. The van der Waals surface area contributed by atoms with Gasteiger partial charge in [0.15, 0.2) is 4.90 Å². The molecule has 0 fully saturated rings. The van der Waals surface area contributed by atoms with Crippen LogP contribution in [0.3, 0.4) is 0 Å². The molecule has 0 radical (unpaired) electrons. The minimum atomic E-state index is -4.41. The van der Waals surface area contributed by atoms with Crippen LogP contribution in [0.5, 0.6) is 0 Å². The Labute approximate surface area is 132 Å². The van der Waals surface area contributed by atoms with Crippen molar-refractivity contribution in [2.75, 3.05) is 6.54 Å². The number of halogens is 2. The fourth-order valence-corrected chi connectivity index (χ4v) is 4.10. The highest BCUT2D eigenvalue weighted by Gasteiger charge is 2.38. The van der Waals surface area contributed by atoms with Gasteiger partial charge in [-0.05, 0) is 36.1 Å². The van der Waals surface area contributed by atoms with Crippen LogP contribution in [0, 0.1) is 11.6 Å². The van der Waals surface area contributed by atoms with Gasteiger partial charge in [-0.3, -0.25) is 0 Å². The Kier molecular flexibility index (Phi) is 3.95. The van der Waals surface area contributed by atoms with Gasteiger partial charge in [-0.15, -0.1) is 0 Å². The molecule has 1 aliphatic carbocycles. The van der Waals surface area contributed by atoms with Gasteiger partial charge < -0.3 is 5.11 Å². The fourth-order valence-electron chi connectivity index (χ4n) is 2.88. The Hall–Kier alpha value is -1.83. The number of rotatable bonds is 4. The molecule has 0 spiro atoms. The van der Waals surface area contributed by atoms with E-state index in [1.165, 1.54) is 0 Å². The zero-order chi connectivity index (χ0) is 16.7. The standard InChI is InChI=1S/C16H15F2NO3S/c17-13-6-3-7-14(18)15(13)23(21,22)19-10-16(20)9-8-11-4-1-2-5-12(11)16/h1-7,19-20H,8-10H2/t16-/m1/s1. The van der Waals surface area contributed by atoms with Crippen LogP contribution in [0.15, 0.2) is 47.4 Å². The first-order valence-electron chi connectivity index (χ1n) is 7.08. The van der Waals surface area contributed by atoms with Crippen molar-refractivity contribution in [3.05, 3.63) is 65.2 Å². The summed E-state index contributed by atoms with van der Waals surface area (Å²) in [7, 11) is -4.41. The molecule has 0 bridgehead atoms. The number of sulfonamides is 1. The van der Waals surface area contributed by atoms with Crippen molar-refractivity contribution >= 4 is 10.0 Å². The zero-order valence-corrected chi connectivity index (χ0v) is 12.9. The van der Waals surface area contributed by atoms with Crippen LogP contribution in [-0.4, -0.2) is 20.1 Å². The monoisotopic (exact) mass is 339 g/mol. The van der Waals surface area contributed by atoms with Gasteiger partial charge in [-0.25, -0.2) is 21.9 Å². The van der Waals surface area contributed by atoms with Gasteiger partial charge in [0.1, 0.15) is 17.2 Å². The van der Waals surface area contributed by atoms with Gasteiger partial charge in [0.25, 0.3) is 0 Å². The van der Waals surface area contributed by atoms with E-state index >= 15 is 0 Å². The van der Waals surface area contributed by atoms with Gasteiger partial charge in [0, 0.05) is 6.54 Å². The summed E-state index contributed by atoms with van der Waals surface area (Å²) in [5, 5.41) is 10.7. The van der Waals surface area contributed by atoms with Crippen molar-refractivity contribution in [1.82, 2.24) is 4.72 Å². The average molecular weight is 339 g/mol. The molecule has 3 rings (SSSR count). The maximum atomic E-state index is 13.7. The molecule has 0 aliphatic heterocycles. The van der Waals surface area contributed by atoms with Crippen LogP contribution in [-0.2, 0) is 22.0 Å². The molecule has 122 valence electrons. The fraction of sp³-hybridized carbons (Fsp3) is 0.250. The number of aliphatic hydroxyl groups is 1. The lowest BCUT2D eigenvalue weighted by Gasteiger charge is -2.24. The molecule has 1 atom stereocenters. The molecule has 2 N–H and O–H groups in total. The lowest BCUT2D eigenvalue weighted by molar-refractivity contribution is 0.0442. The highest BCUT2D eigenvalue weighted by molar-refractivity contribution is 7.89. The normalized spacial score (nSPS) is 20.5. The van der Waals surface area contributed by atoms with E-state index in [1.54, 1.807) is 12.1 Å². The Morgan fingerprint density at radius 1 is 1.09 bits per heavy atom. The number of nitrogens with one attached hydrogen (secondary N) is 1. The van der Waals surface area contributed by atoms with Gasteiger partial charge in [0.05, 0.1) is 0 Å². The molecule has 1 aliphatic rings. The molecule has 0 heterocycles. The van der Waals surface area contributed by atoms with Crippen molar-refractivity contribution in [2.24, 2.45) is 0 Å². The minimum absolute atomic E-state index is 0.342. The van der Waals surface area contributed by atoms with Gasteiger partial charge >= 0.3 is 0 Å². The molecule has 0 saturated heterocycles. The third kappa shape index (κ3) is 2.87. The zero-order valence-electron chi connectivity index (χ0n) is 12.1. The van der Waals surface area contributed by atoms with E-state index in [4.69, 9.17) is 0 Å². The Morgan fingerprint density at radius 2 is 1.74 bits per heavy atom. The van der Waals surface area contributed by atoms with E-state index in [9.17, 15) is 22.3 Å². The quantitative estimate of drug-likeness (QED) is 0.896. The number of hydrogen-bond donors (Lipinski definition) is 2. The summed E-state index contributed by atoms with van der Waals surface area (Å²) < 4.78 is 53.8. The van der Waals surface area contributed by atoms with E-state index in [-0.39, 0.29) is 6.54 Å². The largest absolute Gasteiger partial charge is 0.384 e. The maximum absolute atomic E-state index is 13.7. The molecular weight excluding hydrogens is 324 g/mol. The lowest BCUT2D eigenvalue weighted by atomic mass is 9.96. The number of benzene rings is 2. The second-order valence-corrected chi connectivity index (χ2v) is 7.27. The predicted octanol–water partition coefficient (Wildman–Crippen LogP) is 2.08. The molecule has 0 aromatic heterocycles. The smallest absolute Gasteiger partial charge is 0.246 e. The van der Waals surface area contributed by atoms with Crippen molar-refractivity contribution < 1.29 is 22.3 Å². The van der Waals surface area contributed by atoms with Crippen LogP contribution in [0.2, 0.25) is 0 Å². The molecule has 2 aromatic rings. The van der Waals surface area contributed by atoms with Crippen molar-refractivity contribution in [3.8, 4) is 0 Å². The summed E-state index contributed by atoms with van der Waals surface area (Å²) in [6.07, 6.45) is 0.955. The first-order chi connectivity index (χ1) is 10.8. The topological polar surface area (TPSA) is 66.4 Å². The van der Waals surface area contributed by atoms with Gasteiger partial charge in [-0.1, -0.05) is 30.3 Å². The molecule has 7 heteroatoms. The Bertz CT molecular complexity index is 834. The number of aryl methyl sites for hydroxylation is 1.